The molecule has 0 saturated heterocycles. The van der Waals surface area contributed by atoms with Gasteiger partial charge in [-0.25, -0.2) is 0 Å². The van der Waals surface area contributed by atoms with Gasteiger partial charge in [-0.15, -0.1) is 11.3 Å². The Labute approximate surface area is 107 Å². The van der Waals surface area contributed by atoms with Crippen LogP contribution >= 0.6 is 11.3 Å². The van der Waals surface area contributed by atoms with Crippen molar-refractivity contribution in [2.24, 2.45) is 5.92 Å². The van der Waals surface area contributed by atoms with Gasteiger partial charge in [0.05, 0.1) is 13.0 Å². The standard InChI is InChI=1S/C13H21NO2S/c1-5-11(13(15)16-4)8-14(3)9-12-10(2)6-7-17-12/h6-7,11H,5,8-9H2,1-4H3. The van der Waals surface area contributed by atoms with Gasteiger partial charge in [0.25, 0.3) is 0 Å². The van der Waals surface area contributed by atoms with E-state index in [1.807, 2.05) is 14.0 Å². The highest BCUT2D eigenvalue weighted by Gasteiger charge is 2.19. The number of nitrogens with zero attached hydrogens (tertiary/aromatic N) is 1. The zero-order valence-electron chi connectivity index (χ0n) is 11.0. The van der Waals surface area contributed by atoms with Gasteiger partial charge >= 0.3 is 5.97 Å². The summed E-state index contributed by atoms with van der Waals surface area (Å²) in [6.45, 7) is 5.79. The number of hydrogen-bond acceptors (Lipinski definition) is 4. The molecule has 0 saturated carbocycles. The van der Waals surface area contributed by atoms with Gasteiger partial charge in [0.1, 0.15) is 0 Å². The molecule has 0 fully saturated rings. The highest BCUT2D eigenvalue weighted by atomic mass is 32.1. The molecular formula is C13H21NO2S. The number of ether oxygens (including phenoxy) is 1. The Morgan fingerprint density at radius 1 is 1.59 bits per heavy atom. The minimum absolute atomic E-state index is 0.0229. The first-order chi connectivity index (χ1) is 8.08. The van der Waals surface area contributed by atoms with Crippen LogP contribution in [-0.4, -0.2) is 31.6 Å². The summed E-state index contributed by atoms with van der Waals surface area (Å²) >= 11 is 1.77. The summed E-state index contributed by atoms with van der Waals surface area (Å²) in [5.74, 6) is -0.132. The molecule has 0 spiro atoms. The first kappa shape index (κ1) is 14.2. The molecule has 96 valence electrons. The van der Waals surface area contributed by atoms with E-state index in [2.05, 4.69) is 23.3 Å². The second-order valence-electron chi connectivity index (χ2n) is 4.35. The van der Waals surface area contributed by atoms with E-state index >= 15 is 0 Å². The van der Waals surface area contributed by atoms with Crippen molar-refractivity contribution in [3.63, 3.8) is 0 Å². The lowest BCUT2D eigenvalue weighted by molar-refractivity contribution is -0.146. The SMILES string of the molecule is CCC(CN(C)Cc1sccc1C)C(=O)OC. The van der Waals surface area contributed by atoms with Crippen molar-refractivity contribution in [1.29, 1.82) is 0 Å². The van der Waals surface area contributed by atoms with E-state index in [1.54, 1.807) is 11.3 Å². The summed E-state index contributed by atoms with van der Waals surface area (Å²) in [5, 5.41) is 2.11. The Morgan fingerprint density at radius 3 is 2.76 bits per heavy atom. The number of aryl methyl sites for hydroxylation is 1. The molecule has 0 aliphatic heterocycles. The van der Waals surface area contributed by atoms with Crippen molar-refractivity contribution in [2.75, 3.05) is 20.7 Å². The second-order valence-corrected chi connectivity index (χ2v) is 5.35. The van der Waals surface area contributed by atoms with E-state index < -0.39 is 0 Å². The van der Waals surface area contributed by atoms with Crippen LogP contribution in [0.5, 0.6) is 0 Å². The lowest BCUT2D eigenvalue weighted by Gasteiger charge is -2.21. The van der Waals surface area contributed by atoms with E-state index in [-0.39, 0.29) is 11.9 Å². The van der Waals surface area contributed by atoms with E-state index in [9.17, 15) is 4.79 Å². The summed E-state index contributed by atoms with van der Waals surface area (Å²) in [7, 11) is 3.50. The smallest absolute Gasteiger partial charge is 0.309 e. The van der Waals surface area contributed by atoms with Crippen LogP contribution in [0.3, 0.4) is 0 Å². The molecule has 4 heteroatoms. The molecule has 1 heterocycles. The van der Waals surface area contributed by atoms with Gasteiger partial charge in [0, 0.05) is 18.0 Å². The van der Waals surface area contributed by atoms with Crippen molar-refractivity contribution in [3.05, 3.63) is 21.9 Å². The minimum Gasteiger partial charge on any atom is -0.469 e. The number of carbonyl (C=O) groups is 1. The molecule has 0 aromatic carbocycles. The van der Waals surface area contributed by atoms with Crippen LogP contribution < -0.4 is 0 Å². The quantitative estimate of drug-likeness (QED) is 0.732. The van der Waals surface area contributed by atoms with Crippen LogP contribution in [0.1, 0.15) is 23.8 Å². The number of hydrogen-bond donors (Lipinski definition) is 0. The molecule has 3 nitrogen and oxygen atoms in total. The van der Waals surface area contributed by atoms with Crippen LogP contribution in [0.15, 0.2) is 11.4 Å². The zero-order chi connectivity index (χ0) is 12.8. The predicted molar refractivity (Wildman–Crippen MR) is 71.2 cm³/mol. The van der Waals surface area contributed by atoms with Gasteiger partial charge in [0.15, 0.2) is 0 Å². The van der Waals surface area contributed by atoms with Crippen molar-refractivity contribution in [2.45, 2.75) is 26.8 Å². The van der Waals surface area contributed by atoms with Crippen LogP contribution in [0, 0.1) is 12.8 Å². The van der Waals surface area contributed by atoms with Crippen LogP contribution in [0.2, 0.25) is 0 Å². The monoisotopic (exact) mass is 255 g/mol. The van der Waals surface area contributed by atoms with E-state index in [4.69, 9.17) is 4.74 Å². The molecule has 1 aromatic heterocycles. The third-order valence-electron chi connectivity index (χ3n) is 2.94. The van der Waals surface area contributed by atoms with Crippen LogP contribution in [0.25, 0.3) is 0 Å². The largest absolute Gasteiger partial charge is 0.469 e. The molecule has 0 aliphatic rings. The molecule has 0 aliphatic carbocycles. The summed E-state index contributed by atoms with van der Waals surface area (Å²) in [6.07, 6.45) is 0.820. The predicted octanol–water partition coefficient (Wildman–Crippen LogP) is 2.69. The number of carbonyl (C=O) groups excluding carboxylic acids is 1. The van der Waals surface area contributed by atoms with E-state index in [1.165, 1.54) is 17.6 Å². The number of methoxy groups -OCH3 is 1. The van der Waals surface area contributed by atoms with Gasteiger partial charge in [-0.2, -0.15) is 0 Å². The van der Waals surface area contributed by atoms with Crippen molar-refractivity contribution in [3.8, 4) is 0 Å². The fraction of sp³-hybridized carbons (Fsp3) is 0.615. The normalized spacial score (nSPS) is 12.8. The van der Waals surface area contributed by atoms with Crippen LogP contribution in [-0.2, 0) is 16.1 Å². The molecule has 1 atom stereocenters. The maximum atomic E-state index is 11.5. The second kappa shape index (κ2) is 6.77. The Morgan fingerprint density at radius 2 is 2.29 bits per heavy atom. The van der Waals surface area contributed by atoms with E-state index in [0.29, 0.717) is 0 Å². The third-order valence-corrected chi connectivity index (χ3v) is 3.95. The maximum absolute atomic E-state index is 11.5. The first-order valence-corrected chi connectivity index (χ1v) is 6.75. The Kier molecular flexibility index (Phi) is 5.65. The molecule has 1 rings (SSSR count). The molecule has 0 radical (unpaired) electrons. The van der Waals surface area contributed by atoms with Gasteiger partial charge in [0.2, 0.25) is 0 Å². The number of rotatable bonds is 6. The van der Waals surface area contributed by atoms with Gasteiger partial charge in [-0.05, 0) is 37.4 Å². The summed E-state index contributed by atoms with van der Waals surface area (Å²) in [4.78, 5) is 15.1. The van der Waals surface area contributed by atoms with Gasteiger partial charge < -0.3 is 9.64 Å². The minimum atomic E-state index is -0.109. The fourth-order valence-electron chi connectivity index (χ4n) is 1.79. The van der Waals surface area contributed by atoms with Gasteiger partial charge in [-0.3, -0.25) is 4.79 Å². The topological polar surface area (TPSA) is 29.5 Å². The fourth-order valence-corrected chi connectivity index (χ4v) is 2.77. The molecule has 0 bridgehead atoms. The lowest BCUT2D eigenvalue weighted by atomic mass is 10.1. The Balaban J connectivity index is 2.51. The zero-order valence-corrected chi connectivity index (χ0v) is 11.8. The molecular weight excluding hydrogens is 234 g/mol. The molecule has 17 heavy (non-hydrogen) atoms. The van der Waals surface area contributed by atoms with Crippen molar-refractivity contribution < 1.29 is 9.53 Å². The first-order valence-electron chi connectivity index (χ1n) is 5.87. The van der Waals surface area contributed by atoms with Gasteiger partial charge in [-0.1, -0.05) is 6.92 Å². The number of thiophene rings is 1. The Bertz CT molecular complexity index is 362. The Hall–Kier alpha value is -0.870. The van der Waals surface area contributed by atoms with Crippen molar-refractivity contribution in [1.82, 2.24) is 4.90 Å². The summed E-state index contributed by atoms with van der Waals surface area (Å²) < 4.78 is 4.80. The molecule has 0 amide bonds. The van der Waals surface area contributed by atoms with Crippen LogP contribution in [0.4, 0.5) is 0 Å². The average Bonchev–Trinajstić information content (AvgIpc) is 2.71. The highest BCUT2D eigenvalue weighted by Crippen LogP contribution is 2.18. The van der Waals surface area contributed by atoms with Crippen molar-refractivity contribution >= 4 is 17.3 Å². The highest BCUT2D eigenvalue weighted by molar-refractivity contribution is 7.10. The lowest BCUT2D eigenvalue weighted by Crippen LogP contribution is -2.30. The number of esters is 1. The molecule has 1 aromatic rings. The molecule has 1 unspecified atom stereocenters. The molecule has 0 N–H and O–H groups in total. The summed E-state index contributed by atoms with van der Waals surface area (Å²) in [6, 6.07) is 2.13. The maximum Gasteiger partial charge on any atom is 0.309 e. The third kappa shape index (κ3) is 4.13. The average molecular weight is 255 g/mol. The van der Waals surface area contributed by atoms with E-state index in [0.717, 1.165) is 19.5 Å². The summed E-state index contributed by atoms with van der Waals surface area (Å²) in [5.41, 5.74) is 1.33.